The molecular formula is C17H20N2O3. The number of rotatable bonds is 4. The molecule has 2 rings (SSSR count). The Morgan fingerprint density at radius 3 is 2.64 bits per heavy atom. The first-order valence-corrected chi connectivity index (χ1v) is 7.09. The molecule has 5 heteroatoms. The van der Waals surface area contributed by atoms with Gasteiger partial charge in [-0.3, -0.25) is 9.59 Å². The number of benzene rings is 1. The highest BCUT2D eigenvalue weighted by Crippen LogP contribution is 2.19. The Labute approximate surface area is 129 Å². The molecule has 0 saturated heterocycles. The van der Waals surface area contributed by atoms with Gasteiger partial charge in [0, 0.05) is 17.0 Å². The summed E-state index contributed by atoms with van der Waals surface area (Å²) < 4.78 is 5.56. The van der Waals surface area contributed by atoms with Crippen LogP contribution >= 0.6 is 0 Å². The lowest BCUT2D eigenvalue weighted by atomic mass is 10.1. The van der Waals surface area contributed by atoms with Crippen LogP contribution in [0.4, 0.5) is 0 Å². The first-order chi connectivity index (χ1) is 10.3. The van der Waals surface area contributed by atoms with Gasteiger partial charge in [0.2, 0.25) is 11.8 Å². The van der Waals surface area contributed by atoms with Crippen LogP contribution < -0.4 is 10.6 Å². The number of para-hydroxylation sites is 1. The van der Waals surface area contributed by atoms with Gasteiger partial charge in [-0.1, -0.05) is 18.2 Å². The van der Waals surface area contributed by atoms with Gasteiger partial charge in [-0.15, -0.1) is 0 Å². The average Bonchev–Trinajstić information content (AvgIpc) is 2.84. The lowest BCUT2D eigenvalue weighted by Gasteiger charge is -2.20. The molecule has 5 nitrogen and oxygen atoms in total. The van der Waals surface area contributed by atoms with Crippen molar-refractivity contribution in [1.82, 2.24) is 10.6 Å². The van der Waals surface area contributed by atoms with Crippen LogP contribution in [0.1, 0.15) is 26.5 Å². The molecule has 22 heavy (non-hydrogen) atoms. The first-order valence-electron chi connectivity index (χ1n) is 7.09. The summed E-state index contributed by atoms with van der Waals surface area (Å²) in [4.78, 5) is 23.3. The number of carbonyl (C=O) groups excluding carboxylic acids is 2. The van der Waals surface area contributed by atoms with Crippen LogP contribution in [0.15, 0.2) is 40.8 Å². The Morgan fingerprint density at radius 2 is 1.95 bits per heavy atom. The van der Waals surface area contributed by atoms with Gasteiger partial charge in [0.15, 0.2) is 0 Å². The van der Waals surface area contributed by atoms with Crippen molar-refractivity contribution in [3.8, 4) is 0 Å². The third-order valence-corrected chi connectivity index (χ3v) is 2.78. The van der Waals surface area contributed by atoms with Crippen LogP contribution in [0.3, 0.4) is 0 Å². The van der Waals surface area contributed by atoms with Crippen LogP contribution in [-0.4, -0.2) is 23.9 Å². The molecule has 0 aliphatic rings. The van der Waals surface area contributed by atoms with E-state index in [0.29, 0.717) is 5.76 Å². The highest BCUT2D eigenvalue weighted by atomic mass is 16.3. The molecule has 1 aromatic carbocycles. The van der Waals surface area contributed by atoms with Gasteiger partial charge >= 0.3 is 0 Å². The number of fused-ring (bicyclic) bond motifs is 1. The van der Waals surface area contributed by atoms with Crippen LogP contribution in [0.5, 0.6) is 0 Å². The van der Waals surface area contributed by atoms with Crippen molar-refractivity contribution in [2.45, 2.75) is 26.3 Å². The van der Waals surface area contributed by atoms with E-state index >= 15 is 0 Å². The van der Waals surface area contributed by atoms with Crippen molar-refractivity contribution in [3.05, 3.63) is 42.2 Å². The normalized spacial score (nSPS) is 11.8. The summed E-state index contributed by atoms with van der Waals surface area (Å²) in [6.45, 7) is 5.59. The molecule has 2 amide bonds. The van der Waals surface area contributed by atoms with E-state index in [0.717, 1.165) is 11.0 Å². The molecule has 0 aliphatic heterocycles. The van der Waals surface area contributed by atoms with Gasteiger partial charge in [0.25, 0.3) is 0 Å². The van der Waals surface area contributed by atoms with Crippen molar-refractivity contribution in [2.75, 3.05) is 6.54 Å². The number of amides is 2. The van der Waals surface area contributed by atoms with Crippen molar-refractivity contribution in [1.29, 1.82) is 0 Å². The fourth-order valence-corrected chi connectivity index (χ4v) is 1.93. The van der Waals surface area contributed by atoms with Crippen molar-refractivity contribution in [3.63, 3.8) is 0 Å². The minimum absolute atomic E-state index is 0.0550. The summed E-state index contributed by atoms with van der Waals surface area (Å²) >= 11 is 0. The second kappa shape index (κ2) is 6.47. The van der Waals surface area contributed by atoms with Gasteiger partial charge in [-0.05, 0) is 39.0 Å². The van der Waals surface area contributed by atoms with Gasteiger partial charge in [0.1, 0.15) is 11.3 Å². The third-order valence-electron chi connectivity index (χ3n) is 2.78. The highest BCUT2D eigenvalue weighted by Gasteiger charge is 2.13. The quantitative estimate of drug-likeness (QED) is 0.852. The largest absolute Gasteiger partial charge is 0.457 e. The van der Waals surface area contributed by atoms with Crippen LogP contribution in [-0.2, 0) is 9.59 Å². The monoisotopic (exact) mass is 300 g/mol. The molecule has 1 aromatic heterocycles. The maximum absolute atomic E-state index is 11.7. The molecule has 0 bridgehead atoms. The van der Waals surface area contributed by atoms with E-state index in [9.17, 15) is 9.59 Å². The summed E-state index contributed by atoms with van der Waals surface area (Å²) in [5.74, 6) is 0.0259. The van der Waals surface area contributed by atoms with Gasteiger partial charge < -0.3 is 15.1 Å². The standard InChI is InChI=1S/C17H20N2O3/c1-17(2,3)19-16(21)11-18-15(20)9-8-13-10-12-6-4-5-7-14(12)22-13/h4-10H,11H2,1-3H3,(H,18,20)(H,19,21)/b9-8+. The fraction of sp³-hybridized carbons (Fsp3) is 0.294. The first kappa shape index (κ1) is 15.8. The third kappa shape index (κ3) is 4.77. The van der Waals surface area contributed by atoms with E-state index in [1.165, 1.54) is 6.08 Å². The second-order valence-electron chi connectivity index (χ2n) is 6.04. The van der Waals surface area contributed by atoms with E-state index in [1.54, 1.807) is 6.08 Å². The zero-order chi connectivity index (χ0) is 16.2. The Balaban J connectivity index is 1.87. The Hall–Kier alpha value is -2.56. The SMILES string of the molecule is CC(C)(C)NC(=O)CNC(=O)/C=C/c1cc2ccccc2o1. The molecule has 2 N–H and O–H groups in total. The molecule has 0 spiro atoms. The fourth-order valence-electron chi connectivity index (χ4n) is 1.93. The van der Waals surface area contributed by atoms with Gasteiger partial charge in [-0.2, -0.15) is 0 Å². The molecule has 0 saturated carbocycles. The van der Waals surface area contributed by atoms with Crippen molar-refractivity contribution >= 4 is 28.9 Å². The van der Waals surface area contributed by atoms with Crippen LogP contribution in [0.25, 0.3) is 17.0 Å². The van der Waals surface area contributed by atoms with E-state index in [4.69, 9.17) is 4.42 Å². The van der Waals surface area contributed by atoms with Gasteiger partial charge in [-0.25, -0.2) is 0 Å². The molecule has 1 heterocycles. The molecule has 0 unspecified atom stereocenters. The van der Waals surface area contributed by atoms with E-state index in [1.807, 2.05) is 51.1 Å². The minimum Gasteiger partial charge on any atom is -0.457 e. The molecular weight excluding hydrogens is 280 g/mol. The molecule has 0 radical (unpaired) electrons. The van der Waals surface area contributed by atoms with Crippen molar-refractivity contribution < 1.29 is 14.0 Å². The Bertz CT molecular complexity index is 675. The number of hydrogen-bond acceptors (Lipinski definition) is 3. The average molecular weight is 300 g/mol. The molecule has 0 atom stereocenters. The summed E-state index contributed by atoms with van der Waals surface area (Å²) in [6.07, 6.45) is 2.93. The summed E-state index contributed by atoms with van der Waals surface area (Å²) in [6, 6.07) is 9.47. The number of carbonyl (C=O) groups is 2. The molecule has 2 aromatic rings. The number of furan rings is 1. The lowest BCUT2D eigenvalue weighted by molar-refractivity contribution is -0.124. The van der Waals surface area contributed by atoms with Gasteiger partial charge in [0.05, 0.1) is 6.54 Å². The van der Waals surface area contributed by atoms with E-state index in [2.05, 4.69) is 10.6 Å². The Morgan fingerprint density at radius 1 is 1.23 bits per heavy atom. The van der Waals surface area contributed by atoms with Crippen LogP contribution in [0, 0.1) is 0 Å². The highest BCUT2D eigenvalue weighted by molar-refractivity contribution is 5.94. The van der Waals surface area contributed by atoms with Crippen molar-refractivity contribution in [2.24, 2.45) is 0 Å². The zero-order valence-corrected chi connectivity index (χ0v) is 13.0. The number of hydrogen-bond donors (Lipinski definition) is 2. The van der Waals surface area contributed by atoms with E-state index < -0.39 is 0 Å². The maximum Gasteiger partial charge on any atom is 0.244 e. The smallest absolute Gasteiger partial charge is 0.244 e. The molecule has 0 fully saturated rings. The number of nitrogens with one attached hydrogen (secondary N) is 2. The molecule has 0 aliphatic carbocycles. The summed E-state index contributed by atoms with van der Waals surface area (Å²) in [5, 5.41) is 6.28. The Kier molecular flexibility index (Phi) is 4.65. The van der Waals surface area contributed by atoms with Crippen LogP contribution in [0.2, 0.25) is 0 Å². The maximum atomic E-state index is 11.7. The summed E-state index contributed by atoms with van der Waals surface area (Å²) in [5.41, 5.74) is 0.457. The lowest BCUT2D eigenvalue weighted by Crippen LogP contribution is -2.45. The van der Waals surface area contributed by atoms with E-state index in [-0.39, 0.29) is 23.9 Å². The predicted octanol–water partition coefficient (Wildman–Crippen LogP) is 2.48. The topological polar surface area (TPSA) is 71.3 Å². The zero-order valence-electron chi connectivity index (χ0n) is 13.0. The second-order valence-corrected chi connectivity index (χ2v) is 6.04. The predicted molar refractivity (Wildman–Crippen MR) is 86.2 cm³/mol. The minimum atomic E-state index is -0.343. The summed E-state index contributed by atoms with van der Waals surface area (Å²) in [7, 11) is 0. The molecule has 116 valence electrons.